The van der Waals surface area contributed by atoms with E-state index in [4.69, 9.17) is 0 Å². The van der Waals surface area contributed by atoms with Crippen molar-refractivity contribution in [2.24, 2.45) is 5.90 Å². The fourth-order valence-electron chi connectivity index (χ4n) is 1.28. The molecular formula is C15H17NO2. The maximum Gasteiger partial charge on any atom is 0.356 e. The van der Waals surface area contributed by atoms with Crippen LogP contribution >= 0.6 is 0 Å². The number of hydrogen-bond donors (Lipinski definition) is 1. The lowest BCUT2D eigenvalue weighted by molar-refractivity contribution is 0.0503. The third-order valence-electron chi connectivity index (χ3n) is 2.33. The summed E-state index contributed by atoms with van der Waals surface area (Å²) in [5.74, 6) is 4.14. The van der Waals surface area contributed by atoms with Gasteiger partial charge in [-0.15, -0.1) is 0 Å². The Labute approximate surface area is 107 Å². The number of hydrogen-bond acceptors (Lipinski definition) is 3. The maximum atomic E-state index is 10.7. The molecular weight excluding hydrogens is 226 g/mol. The second-order valence-electron chi connectivity index (χ2n) is 3.93. The van der Waals surface area contributed by atoms with Gasteiger partial charge in [0.05, 0.1) is 5.56 Å². The van der Waals surface area contributed by atoms with Crippen molar-refractivity contribution < 1.29 is 9.63 Å². The first-order valence-electron chi connectivity index (χ1n) is 5.63. The van der Waals surface area contributed by atoms with E-state index in [-0.39, 0.29) is 0 Å². The van der Waals surface area contributed by atoms with Crippen LogP contribution in [0, 0.1) is 13.8 Å². The normalized spacial score (nSPS) is 9.06. The van der Waals surface area contributed by atoms with Gasteiger partial charge in [-0.25, -0.2) is 4.79 Å². The highest BCUT2D eigenvalue weighted by atomic mass is 16.7. The summed E-state index contributed by atoms with van der Waals surface area (Å²) in [4.78, 5) is 14.7. The maximum absolute atomic E-state index is 10.7. The van der Waals surface area contributed by atoms with Crippen molar-refractivity contribution >= 4 is 5.97 Å². The molecule has 0 saturated heterocycles. The summed E-state index contributed by atoms with van der Waals surface area (Å²) in [5, 5.41) is 0. The summed E-state index contributed by atoms with van der Waals surface area (Å²) < 4.78 is 0. The lowest BCUT2D eigenvalue weighted by Crippen LogP contribution is -2.09. The summed E-state index contributed by atoms with van der Waals surface area (Å²) in [5.41, 5.74) is 3.12. The number of carbonyl (C=O) groups is 1. The van der Waals surface area contributed by atoms with Gasteiger partial charge in [0.25, 0.3) is 0 Å². The number of nitrogens with two attached hydrogens (primary N) is 1. The van der Waals surface area contributed by atoms with Crippen LogP contribution in [0.1, 0.15) is 21.5 Å². The molecule has 3 heteroatoms. The number of aryl methyl sites for hydroxylation is 2. The van der Waals surface area contributed by atoms with Gasteiger partial charge >= 0.3 is 5.97 Å². The quantitative estimate of drug-likeness (QED) is 0.783. The van der Waals surface area contributed by atoms with E-state index >= 15 is 0 Å². The molecule has 0 aliphatic rings. The Balaban J connectivity index is 0.000000184. The second kappa shape index (κ2) is 7.25. The number of rotatable bonds is 1. The highest BCUT2D eigenvalue weighted by Gasteiger charge is 2.01. The summed E-state index contributed by atoms with van der Waals surface area (Å²) in [7, 11) is 0. The molecule has 0 aliphatic heterocycles. The number of benzene rings is 2. The second-order valence-corrected chi connectivity index (χ2v) is 3.93. The van der Waals surface area contributed by atoms with Gasteiger partial charge in [-0.05, 0) is 26.0 Å². The first-order valence-corrected chi connectivity index (χ1v) is 5.63. The fraction of sp³-hybridized carbons (Fsp3) is 0.133. The van der Waals surface area contributed by atoms with Crippen LogP contribution in [0.25, 0.3) is 0 Å². The predicted octanol–water partition coefficient (Wildman–Crippen LogP) is 3.02. The van der Waals surface area contributed by atoms with E-state index in [1.54, 1.807) is 24.3 Å². The summed E-state index contributed by atoms with van der Waals surface area (Å²) in [6.07, 6.45) is 0. The largest absolute Gasteiger partial charge is 0.370 e. The van der Waals surface area contributed by atoms with Crippen molar-refractivity contribution in [1.29, 1.82) is 0 Å². The van der Waals surface area contributed by atoms with Gasteiger partial charge in [0.15, 0.2) is 0 Å². The van der Waals surface area contributed by atoms with Gasteiger partial charge in [0, 0.05) is 0 Å². The molecule has 0 fully saturated rings. The molecule has 0 bridgehead atoms. The molecule has 3 nitrogen and oxygen atoms in total. The van der Waals surface area contributed by atoms with Crippen LogP contribution in [0.4, 0.5) is 0 Å². The van der Waals surface area contributed by atoms with Gasteiger partial charge in [-0.3, -0.25) is 0 Å². The average molecular weight is 243 g/mol. The Morgan fingerprint density at radius 1 is 0.889 bits per heavy atom. The highest BCUT2D eigenvalue weighted by Crippen LogP contribution is 1.99. The van der Waals surface area contributed by atoms with Crippen molar-refractivity contribution in [1.82, 2.24) is 0 Å². The van der Waals surface area contributed by atoms with E-state index in [2.05, 4.69) is 48.8 Å². The van der Waals surface area contributed by atoms with Crippen molar-refractivity contribution in [3.05, 3.63) is 71.3 Å². The van der Waals surface area contributed by atoms with Crippen molar-refractivity contribution in [3.63, 3.8) is 0 Å². The highest BCUT2D eigenvalue weighted by molar-refractivity contribution is 5.88. The van der Waals surface area contributed by atoms with Crippen LogP contribution in [-0.2, 0) is 4.84 Å². The smallest absolute Gasteiger partial charge is 0.356 e. The van der Waals surface area contributed by atoms with Crippen LogP contribution in [0.15, 0.2) is 54.6 Å². The topological polar surface area (TPSA) is 52.3 Å². The molecule has 0 radical (unpaired) electrons. The van der Waals surface area contributed by atoms with Gasteiger partial charge < -0.3 is 4.84 Å². The van der Waals surface area contributed by atoms with Gasteiger partial charge in [-0.2, -0.15) is 5.90 Å². The van der Waals surface area contributed by atoms with Crippen LogP contribution < -0.4 is 5.90 Å². The van der Waals surface area contributed by atoms with Crippen molar-refractivity contribution in [3.8, 4) is 0 Å². The lowest BCUT2D eigenvalue weighted by atomic mass is 10.2. The zero-order chi connectivity index (χ0) is 13.4. The molecule has 2 N–H and O–H groups in total. The van der Waals surface area contributed by atoms with E-state index in [0.717, 1.165) is 0 Å². The van der Waals surface area contributed by atoms with Crippen LogP contribution in [0.2, 0.25) is 0 Å². The monoisotopic (exact) mass is 243 g/mol. The van der Waals surface area contributed by atoms with Crippen molar-refractivity contribution in [2.45, 2.75) is 13.8 Å². The van der Waals surface area contributed by atoms with Crippen LogP contribution in [-0.4, -0.2) is 5.97 Å². The third kappa shape index (κ3) is 4.80. The lowest BCUT2D eigenvalue weighted by Gasteiger charge is -1.94. The molecule has 18 heavy (non-hydrogen) atoms. The minimum absolute atomic E-state index is 0.463. The molecule has 0 atom stereocenters. The molecule has 2 aromatic carbocycles. The molecule has 2 rings (SSSR count). The van der Waals surface area contributed by atoms with E-state index in [1.807, 2.05) is 6.07 Å². The average Bonchev–Trinajstić information content (AvgIpc) is 2.43. The predicted molar refractivity (Wildman–Crippen MR) is 72.0 cm³/mol. The first-order chi connectivity index (χ1) is 8.63. The minimum atomic E-state index is -0.513. The van der Waals surface area contributed by atoms with E-state index < -0.39 is 5.97 Å². The zero-order valence-electron chi connectivity index (χ0n) is 10.6. The van der Waals surface area contributed by atoms with Gasteiger partial charge in [-0.1, -0.05) is 53.6 Å². The molecule has 0 amide bonds. The summed E-state index contributed by atoms with van der Waals surface area (Å²) >= 11 is 0. The zero-order valence-corrected chi connectivity index (χ0v) is 10.6. The van der Waals surface area contributed by atoms with Crippen molar-refractivity contribution in [2.75, 3.05) is 0 Å². The number of carbonyl (C=O) groups excluding carboxylic acids is 1. The van der Waals surface area contributed by atoms with E-state index in [1.165, 1.54) is 11.1 Å². The van der Waals surface area contributed by atoms with Crippen LogP contribution in [0.3, 0.4) is 0 Å². The summed E-state index contributed by atoms with van der Waals surface area (Å²) in [6, 6.07) is 17.0. The SMILES string of the molecule is Cc1ccc(C)cc1.NOC(=O)c1ccccc1. The Bertz CT molecular complexity index is 457. The Morgan fingerprint density at radius 3 is 1.72 bits per heavy atom. The molecule has 0 saturated carbocycles. The van der Waals surface area contributed by atoms with E-state index in [0.29, 0.717) is 5.56 Å². The molecule has 94 valence electrons. The van der Waals surface area contributed by atoms with Gasteiger partial charge in [0.2, 0.25) is 0 Å². The summed E-state index contributed by atoms with van der Waals surface area (Å²) in [6.45, 7) is 4.19. The molecule has 0 aliphatic carbocycles. The first kappa shape index (κ1) is 13.9. The van der Waals surface area contributed by atoms with Crippen LogP contribution in [0.5, 0.6) is 0 Å². The Kier molecular flexibility index (Phi) is 5.61. The molecule has 0 heterocycles. The minimum Gasteiger partial charge on any atom is -0.370 e. The Morgan fingerprint density at radius 2 is 1.33 bits per heavy atom. The third-order valence-corrected chi connectivity index (χ3v) is 2.33. The molecule has 0 spiro atoms. The molecule has 0 unspecified atom stereocenters. The van der Waals surface area contributed by atoms with Gasteiger partial charge in [0.1, 0.15) is 0 Å². The Hall–Kier alpha value is -2.13. The molecule has 0 aromatic heterocycles. The standard InChI is InChI=1S/C8H10.C7H7NO2/c1-7-3-5-8(2)6-4-7;8-10-7(9)6-4-2-1-3-5-6/h3-6H,1-2H3;1-5H,8H2. The molecule has 2 aromatic rings. The fourth-order valence-corrected chi connectivity index (χ4v) is 1.28. The van der Waals surface area contributed by atoms with E-state index in [9.17, 15) is 4.79 Å².